The van der Waals surface area contributed by atoms with Crippen LogP contribution in [0.5, 0.6) is 0 Å². The van der Waals surface area contributed by atoms with E-state index < -0.39 is 0 Å². The van der Waals surface area contributed by atoms with Gasteiger partial charge in [0.15, 0.2) is 0 Å². The van der Waals surface area contributed by atoms with Crippen molar-refractivity contribution < 1.29 is 9.53 Å². The number of rotatable bonds is 5. The van der Waals surface area contributed by atoms with Crippen molar-refractivity contribution in [1.29, 1.82) is 5.26 Å². The molecule has 3 heteroatoms. The zero-order valence-electron chi connectivity index (χ0n) is 7.67. The monoisotopic (exact) mass is 169 g/mol. The van der Waals surface area contributed by atoms with Gasteiger partial charge in [0.05, 0.1) is 12.2 Å². The molecule has 0 rings (SSSR count). The predicted molar refractivity (Wildman–Crippen MR) is 45.3 cm³/mol. The zero-order chi connectivity index (χ0) is 9.40. The van der Waals surface area contributed by atoms with Crippen LogP contribution in [-0.2, 0) is 9.53 Å². The molecule has 0 aliphatic rings. The average Bonchev–Trinajstić information content (AvgIpc) is 2.05. The maximum atomic E-state index is 11.0. The highest BCUT2D eigenvalue weighted by molar-refractivity contribution is 5.69. The third-order valence-electron chi connectivity index (χ3n) is 1.58. The van der Waals surface area contributed by atoms with Gasteiger partial charge >= 0.3 is 5.97 Å². The molecule has 12 heavy (non-hydrogen) atoms. The summed E-state index contributed by atoms with van der Waals surface area (Å²) in [5.74, 6) is -0.195. The number of ether oxygens (including phenoxy) is 1. The lowest BCUT2D eigenvalue weighted by atomic mass is 10.2. The van der Waals surface area contributed by atoms with Gasteiger partial charge in [0.25, 0.3) is 0 Å². The summed E-state index contributed by atoms with van der Waals surface area (Å²) in [6.45, 7) is 3.83. The molecule has 3 nitrogen and oxygen atoms in total. The molecular formula is C9H15NO2. The Labute approximate surface area is 73.3 Å². The molecule has 0 aliphatic heterocycles. The Hall–Kier alpha value is -1.04. The third kappa shape index (κ3) is 5.72. The lowest BCUT2D eigenvalue weighted by Crippen LogP contribution is -2.13. The van der Waals surface area contributed by atoms with Crippen LogP contribution in [0.25, 0.3) is 0 Å². The molecule has 0 aromatic carbocycles. The van der Waals surface area contributed by atoms with Gasteiger partial charge in [0.1, 0.15) is 0 Å². The van der Waals surface area contributed by atoms with Crippen LogP contribution in [0, 0.1) is 11.3 Å². The Kier molecular flexibility index (Phi) is 6.08. The van der Waals surface area contributed by atoms with Crippen LogP contribution in [0.3, 0.4) is 0 Å². The zero-order valence-corrected chi connectivity index (χ0v) is 7.67. The van der Waals surface area contributed by atoms with Crippen molar-refractivity contribution in [2.45, 2.75) is 45.6 Å². The number of hydrogen-bond donors (Lipinski definition) is 0. The first-order valence-electron chi connectivity index (χ1n) is 4.27. The van der Waals surface area contributed by atoms with Gasteiger partial charge in [-0.2, -0.15) is 5.26 Å². The van der Waals surface area contributed by atoms with E-state index >= 15 is 0 Å². The molecule has 0 heterocycles. The molecule has 68 valence electrons. The molecule has 0 N–H and O–H groups in total. The van der Waals surface area contributed by atoms with Gasteiger partial charge in [0, 0.05) is 12.8 Å². The maximum Gasteiger partial charge on any atom is 0.306 e. The Morgan fingerprint density at radius 1 is 1.67 bits per heavy atom. The van der Waals surface area contributed by atoms with E-state index in [2.05, 4.69) is 0 Å². The van der Waals surface area contributed by atoms with Gasteiger partial charge < -0.3 is 4.74 Å². The molecule has 1 unspecified atom stereocenters. The Balaban J connectivity index is 3.41. The smallest absolute Gasteiger partial charge is 0.306 e. The molecule has 0 aromatic heterocycles. The molecule has 1 atom stereocenters. The van der Waals surface area contributed by atoms with Gasteiger partial charge in [-0.05, 0) is 19.8 Å². The van der Waals surface area contributed by atoms with Crippen molar-refractivity contribution in [2.75, 3.05) is 0 Å². The molecule has 0 aromatic rings. The van der Waals surface area contributed by atoms with E-state index in [4.69, 9.17) is 10.00 Å². The highest BCUT2D eigenvalue weighted by Gasteiger charge is 2.06. The third-order valence-corrected chi connectivity index (χ3v) is 1.58. The van der Waals surface area contributed by atoms with Gasteiger partial charge in [-0.1, -0.05) is 6.92 Å². The summed E-state index contributed by atoms with van der Waals surface area (Å²) in [4.78, 5) is 11.0. The minimum Gasteiger partial charge on any atom is -0.463 e. The minimum atomic E-state index is -0.195. The standard InChI is InChI=1S/C9H15NO2/c1-3-8(2)12-9(11)6-4-5-7-10/h8H,3-6H2,1-2H3. The molecule has 0 spiro atoms. The quantitative estimate of drug-likeness (QED) is 0.467. The summed E-state index contributed by atoms with van der Waals surface area (Å²) in [5.41, 5.74) is 0. The first kappa shape index (κ1) is 11.0. The number of nitriles is 1. The fourth-order valence-electron chi connectivity index (χ4n) is 0.678. The second kappa shape index (κ2) is 6.66. The average molecular weight is 169 g/mol. The van der Waals surface area contributed by atoms with Crippen molar-refractivity contribution in [3.8, 4) is 6.07 Å². The number of unbranched alkanes of at least 4 members (excludes halogenated alkanes) is 1. The number of carbonyl (C=O) groups is 1. The van der Waals surface area contributed by atoms with Crippen LogP contribution in [0.2, 0.25) is 0 Å². The lowest BCUT2D eigenvalue weighted by Gasteiger charge is -2.09. The molecule has 0 aliphatic carbocycles. The highest BCUT2D eigenvalue weighted by atomic mass is 16.5. The van der Waals surface area contributed by atoms with Gasteiger partial charge in [0.2, 0.25) is 0 Å². The maximum absolute atomic E-state index is 11.0. The summed E-state index contributed by atoms with van der Waals surface area (Å²) >= 11 is 0. The Morgan fingerprint density at radius 2 is 2.33 bits per heavy atom. The lowest BCUT2D eigenvalue weighted by molar-refractivity contribution is -0.148. The van der Waals surface area contributed by atoms with E-state index in [-0.39, 0.29) is 12.1 Å². The second-order valence-corrected chi connectivity index (χ2v) is 2.72. The number of esters is 1. The topological polar surface area (TPSA) is 50.1 Å². The normalized spacial score (nSPS) is 11.8. The minimum absolute atomic E-state index is 0.000384. The van der Waals surface area contributed by atoms with E-state index in [0.29, 0.717) is 19.3 Å². The fourth-order valence-corrected chi connectivity index (χ4v) is 0.678. The second-order valence-electron chi connectivity index (χ2n) is 2.72. The molecule has 0 fully saturated rings. The van der Waals surface area contributed by atoms with Gasteiger partial charge in [-0.25, -0.2) is 0 Å². The van der Waals surface area contributed by atoms with Crippen LogP contribution in [-0.4, -0.2) is 12.1 Å². The predicted octanol–water partition coefficient (Wildman–Crippen LogP) is 2.02. The number of hydrogen-bond acceptors (Lipinski definition) is 3. The van der Waals surface area contributed by atoms with Crippen molar-refractivity contribution in [3.05, 3.63) is 0 Å². The van der Waals surface area contributed by atoms with Crippen molar-refractivity contribution >= 4 is 5.97 Å². The Bertz CT molecular complexity index is 172. The van der Waals surface area contributed by atoms with E-state index in [1.807, 2.05) is 19.9 Å². The van der Waals surface area contributed by atoms with E-state index in [0.717, 1.165) is 6.42 Å². The largest absolute Gasteiger partial charge is 0.463 e. The van der Waals surface area contributed by atoms with E-state index in [9.17, 15) is 4.79 Å². The summed E-state index contributed by atoms with van der Waals surface area (Å²) in [7, 11) is 0. The molecular weight excluding hydrogens is 154 g/mol. The van der Waals surface area contributed by atoms with Crippen LogP contribution >= 0.6 is 0 Å². The first-order valence-corrected chi connectivity index (χ1v) is 4.27. The van der Waals surface area contributed by atoms with Gasteiger partial charge in [-0.15, -0.1) is 0 Å². The molecule has 0 saturated carbocycles. The van der Waals surface area contributed by atoms with E-state index in [1.165, 1.54) is 0 Å². The molecule has 0 bridgehead atoms. The summed E-state index contributed by atoms with van der Waals surface area (Å²) in [5, 5.41) is 8.21. The SMILES string of the molecule is CCC(C)OC(=O)CCCC#N. The fraction of sp³-hybridized carbons (Fsp3) is 0.778. The first-order chi connectivity index (χ1) is 5.70. The summed E-state index contributed by atoms with van der Waals surface area (Å²) in [6.07, 6.45) is 2.23. The van der Waals surface area contributed by atoms with Crippen LogP contribution in [0.15, 0.2) is 0 Å². The number of nitrogens with zero attached hydrogens (tertiary/aromatic N) is 1. The van der Waals surface area contributed by atoms with Gasteiger partial charge in [-0.3, -0.25) is 4.79 Å². The Morgan fingerprint density at radius 3 is 2.83 bits per heavy atom. The van der Waals surface area contributed by atoms with Crippen LogP contribution in [0.4, 0.5) is 0 Å². The number of carbonyl (C=O) groups excluding carboxylic acids is 1. The molecule has 0 saturated heterocycles. The highest BCUT2D eigenvalue weighted by Crippen LogP contribution is 2.01. The van der Waals surface area contributed by atoms with Crippen LogP contribution in [0.1, 0.15) is 39.5 Å². The summed E-state index contributed by atoms with van der Waals surface area (Å²) in [6, 6.07) is 1.98. The molecule has 0 radical (unpaired) electrons. The molecule has 0 amide bonds. The van der Waals surface area contributed by atoms with Crippen molar-refractivity contribution in [2.24, 2.45) is 0 Å². The van der Waals surface area contributed by atoms with Crippen LogP contribution < -0.4 is 0 Å². The van der Waals surface area contributed by atoms with E-state index in [1.54, 1.807) is 0 Å². The van der Waals surface area contributed by atoms with Crippen molar-refractivity contribution in [3.63, 3.8) is 0 Å². The summed E-state index contributed by atoms with van der Waals surface area (Å²) < 4.78 is 5.00. The van der Waals surface area contributed by atoms with Crippen molar-refractivity contribution in [1.82, 2.24) is 0 Å².